The minimum Gasteiger partial charge on any atom is -0.396 e. The molecular formula is C9H13N3. The lowest BCUT2D eigenvalue weighted by molar-refractivity contribution is 1.23. The first-order valence-electron chi connectivity index (χ1n) is 3.90. The lowest BCUT2D eigenvalue weighted by Gasteiger charge is -2.03. The fourth-order valence-electron chi connectivity index (χ4n) is 0.839. The summed E-state index contributed by atoms with van der Waals surface area (Å²) in [5, 5.41) is 3.09. The number of nitrogens with two attached hydrogens (primary N) is 1. The Balaban J connectivity index is 2.57. The zero-order valence-electron chi connectivity index (χ0n) is 7.12. The van der Waals surface area contributed by atoms with E-state index in [2.05, 4.69) is 10.3 Å². The molecule has 0 amide bonds. The minimum atomic E-state index is 0.682. The van der Waals surface area contributed by atoms with Gasteiger partial charge in [0.05, 0.1) is 5.69 Å². The number of allylic oxidation sites excluding steroid dienone is 1. The Morgan fingerprint density at radius 2 is 2.50 bits per heavy atom. The molecule has 1 aromatic rings. The molecule has 0 aliphatic carbocycles. The van der Waals surface area contributed by atoms with Crippen LogP contribution < -0.4 is 11.1 Å². The first-order chi connectivity index (χ1) is 5.84. The molecule has 0 radical (unpaired) electrons. The molecule has 3 N–H and O–H groups in total. The summed E-state index contributed by atoms with van der Waals surface area (Å²) in [6, 6.07) is 3.64. The molecule has 0 bridgehead atoms. The van der Waals surface area contributed by atoms with Crippen LogP contribution in [-0.2, 0) is 0 Å². The van der Waals surface area contributed by atoms with Crippen LogP contribution in [0, 0.1) is 0 Å². The molecule has 0 aromatic carbocycles. The number of nitrogens with one attached hydrogen (secondary N) is 1. The van der Waals surface area contributed by atoms with E-state index in [1.54, 1.807) is 6.20 Å². The second kappa shape index (κ2) is 4.38. The van der Waals surface area contributed by atoms with Gasteiger partial charge in [-0.1, -0.05) is 12.2 Å². The monoisotopic (exact) mass is 163 g/mol. The number of anilines is 2. The van der Waals surface area contributed by atoms with Gasteiger partial charge in [-0.15, -0.1) is 0 Å². The minimum absolute atomic E-state index is 0.682. The van der Waals surface area contributed by atoms with Gasteiger partial charge in [0.25, 0.3) is 0 Å². The van der Waals surface area contributed by atoms with Crippen LogP contribution in [0.2, 0.25) is 0 Å². The molecule has 0 saturated heterocycles. The van der Waals surface area contributed by atoms with E-state index < -0.39 is 0 Å². The van der Waals surface area contributed by atoms with Crippen LogP contribution in [0.1, 0.15) is 6.92 Å². The molecule has 0 spiro atoms. The number of nitrogens with zero attached hydrogens (tertiary/aromatic N) is 1. The van der Waals surface area contributed by atoms with Gasteiger partial charge < -0.3 is 11.1 Å². The number of hydrogen-bond donors (Lipinski definition) is 2. The van der Waals surface area contributed by atoms with E-state index in [-0.39, 0.29) is 0 Å². The second-order valence-corrected chi connectivity index (χ2v) is 2.39. The largest absolute Gasteiger partial charge is 0.396 e. The van der Waals surface area contributed by atoms with Crippen LogP contribution in [0.5, 0.6) is 0 Å². The molecule has 0 aliphatic heterocycles. The Morgan fingerprint density at radius 3 is 3.17 bits per heavy atom. The number of aromatic nitrogens is 1. The van der Waals surface area contributed by atoms with Crippen LogP contribution >= 0.6 is 0 Å². The summed E-state index contributed by atoms with van der Waals surface area (Å²) in [6.45, 7) is 2.74. The summed E-state index contributed by atoms with van der Waals surface area (Å²) in [6.07, 6.45) is 5.70. The van der Waals surface area contributed by atoms with Crippen molar-refractivity contribution in [1.29, 1.82) is 0 Å². The van der Waals surface area contributed by atoms with Gasteiger partial charge in [-0.25, -0.2) is 4.98 Å². The summed E-state index contributed by atoms with van der Waals surface area (Å²) >= 11 is 0. The van der Waals surface area contributed by atoms with Crippen molar-refractivity contribution in [3.05, 3.63) is 30.5 Å². The Labute approximate surface area is 72.3 Å². The van der Waals surface area contributed by atoms with Crippen molar-refractivity contribution in [3.8, 4) is 0 Å². The molecule has 3 nitrogen and oxygen atoms in total. The highest BCUT2D eigenvalue weighted by molar-refractivity contribution is 5.60. The molecule has 0 aliphatic rings. The summed E-state index contributed by atoms with van der Waals surface area (Å²) in [7, 11) is 0. The third-order valence-electron chi connectivity index (χ3n) is 1.46. The van der Waals surface area contributed by atoms with Gasteiger partial charge >= 0.3 is 0 Å². The Kier molecular flexibility index (Phi) is 3.14. The summed E-state index contributed by atoms with van der Waals surface area (Å²) in [4.78, 5) is 4.08. The molecule has 1 rings (SSSR count). The fourth-order valence-corrected chi connectivity index (χ4v) is 0.839. The molecule has 0 saturated carbocycles. The lowest BCUT2D eigenvalue weighted by Crippen LogP contribution is -2.03. The van der Waals surface area contributed by atoms with Gasteiger partial charge in [-0.2, -0.15) is 0 Å². The molecule has 0 unspecified atom stereocenters. The normalized spacial score (nSPS) is 10.4. The predicted octanol–water partition coefficient (Wildman–Crippen LogP) is 1.65. The first-order valence-corrected chi connectivity index (χ1v) is 3.90. The van der Waals surface area contributed by atoms with Gasteiger partial charge in [-0.3, -0.25) is 0 Å². The first kappa shape index (κ1) is 8.59. The van der Waals surface area contributed by atoms with Crippen LogP contribution in [-0.4, -0.2) is 11.5 Å². The van der Waals surface area contributed by atoms with Gasteiger partial charge in [0.15, 0.2) is 0 Å². The van der Waals surface area contributed by atoms with Crippen LogP contribution in [0.3, 0.4) is 0 Å². The lowest BCUT2D eigenvalue weighted by atomic mass is 10.4. The molecular weight excluding hydrogens is 150 g/mol. The molecule has 1 heterocycles. The summed E-state index contributed by atoms with van der Waals surface area (Å²) in [5.41, 5.74) is 6.34. The molecule has 0 atom stereocenters. The van der Waals surface area contributed by atoms with E-state index in [1.165, 1.54) is 0 Å². The molecule has 1 aromatic heterocycles. The van der Waals surface area contributed by atoms with Crippen molar-refractivity contribution in [2.75, 3.05) is 17.6 Å². The van der Waals surface area contributed by atoms with E-state index in [0.29, 0.717) is 5.69 Å². The van der Waals surface area contributed by atoms with Crippen molar-refractivity contribution < 1.29 is 0 Å². The quantitative estimate of drug-likeness (QED) is 0.666. The highest BCUT2D eigenvalue weighted by atomic mass is 15.0. The predicted molar refractivity (Wildman–Crippen MR) is 52.0 cm³/mol. The Bertz CT molecular complexity index is 268. The number of nitrogen functional groups attached to an aromatic ring is 1. The van der Waals surface area contributed by atoms with Crippen molar-refractivity contribution in [1.82, 2.24) is 4.98 Å². The Hall–Kier alpha value is -1.51. The van der Waals surface area contributed by atoms with E-state index in [1.807, 2.05) is 31.2 Å². The second-order valence-electron chi connectivity index (χ2n) is 2.39. The molecule has 12 heavy (non-hydrogen) atoms. The smallest absolute Gasteiger partial charge is 0.149 e. The third kappa shape index (κ3) is 2.27. The number of pyridine rings is 1. The Morgan fingerprint density at radius 1 is 1.67 bits per heavy atom. The summed E-state index contributed by atoms with van der Waals surface area (Å²) in [5.74, 6) is 0.746. The third-order valence-corrected chi connectivity index (χ3v) is 1.46. The van der Waals surface area contributed by atoms with Crippen LogP contribution in [0.25, 0.3) is 0 Å². The maximum atomic E-state index is 5.65. The van der Waals surface area contributed by atoms with Gasteiger partial charge in [-0.05, 0) is 19.1 Å². The summed E-state index contributed by atoms with van der Waals surface area (Å²) < 4.78 is 0. The van der Waals surface area contributed by atoms with Crippen LogP contribution in [0.15, 0.2) is 30.5 Å². The zero-order valence-corrected chi connectivity index (χ0v) is 7.12. The van der Waals surface area contributed by atoms with Gasteiger partial charge in [0.1, 0.15) is 5.82 Å². The van der Waals surface area contributed by atoms with E-state index >= 15 is 0 Å². The zero-order chi connectivity index (χ0) is 8.81. The molecule has 3 heteroatoms. The SMILES string of the molecule is C/C=C/CNc1ncccc1N. The van der Waals surface area contributed by atoms with Crippen molar-refractivity contribution in [3.63, 3.8) is 0 Å². The highest BCUT2D eigenvalue weighted by Crippen LogP contribution is 2.11. The number of rotatable bonds is 3. The van der Waals surface area contributed by atoms with Gasteiger partial charge in [0.2, 0.25) is 0 Å². The van der Waals surface area contributed by atoms with E-state index in [4.69, 9.17) is 5.73 Å². The topological polar surface area (TPSA) is 50.9 Å². The maximum absolute atomic E-state index is 5.65. The average molecular weight is 163 g/mol. The number of hydrogen-bond acceptors (Lipinski definition) is 3. The van der Waals surface area contributed by atoms with Crippen molar-refractivity contribution >= 4 is 11.5 Å². The van der Waals surface area contributed by atoms with Gasteiger partial charge in [0, 0.05) is 12.7 Å². The van der Waals surface area contributed by atoms with Crippen molar-refractivity contribution in [2.24, 2.45) is 0 Å². The standard InChI is InChI=1S/C9H13N3/c1-2-3-6-11-9-8(10)5-4-7-12-9/h2-5,7H,6,10H2,1H3,(H,11,12)/b3-2+. The molecule has 0 fully saturated rings. The molecule has 64 valence electrons. The van der Waals surface area contributed by atoms with Crippen molar-refractivity contribution in [2.45, 2.75) is 6.92 Å². The maximum Gasteiger partial charge on any atom is 0.149 e. The van der Waals surface area contributed by atoms with Crippen LogP contribution in [0.4, 0.5) is 11.5 Å². The average Bonchev–Trinajstić information content (AvgIpc) is 2.09. The highest BCUT2D eigenvalue weighted by Gasteiger charge is 1.94. The fraction of sp³-hybridized carbons (Fsp3) is 0.222. The van der Waals surface area contributed by atoms with E-state index in [9.17, 15) is 0 Å². The van der Waals surface area contributed by atoms with E-state index in [0.717, 1.165) is 12.4 Å².